The van der Waals surface area contributed by atoms with E-state index < -0.39 is 0 Å². The average Bonchev–Trinajstić information content (AvgIpc) is 2.90. The summed E-state index contributed by atoms with van der Waals surface area (Å²) in [5.41, 5.74) is 5.91. The van der Waals surface area contributed by atoms with Gasteiger partial charge in [0.25, 0.3) is 0 Å². The fourth-order valence-electron chi connectivity index (χ4n) is 3.38. The van der Waals surface area contributed by atoms with E-state index in [0.29, 0.717) is 12.5 Å². The molecular formula is C16H30ClN3O2. The molecule has 6 heteroatoms. The third-order valence-corrected chi connectivity index (χ3v) is 4.74. The van der Waals surface area contributed by atoms with Gasteiger partial charge in [-0.2, -0.15) is 0 Å². The van der Waals surface area contributed by atoms with Crippen LogP contribution in [0.5, 0.6) is 0 Å². The van der Waals surface area contributed by atoms with E-state index in [9.17, 15) is 9.59 Å². The maximum Gasteiger partial charge on any atom is 0.225 e. The Labute approximate surface area is 139 Å². The molecule has 2 fully saturated rings. The first kappa shape index (κ1) is 19.2. The second-order valence-electron chi connectivity index (χ2n) is 6.96. The Hall–Kier alpha value is -0.810. The zero-order valence-electron chi connectivity index (χ0n) is 13.7. The number of nitrogens with two attached hydrogens (primary N) is 1. The third-order valence-electron chi connectivity index (χ3n) is 4.74. The molecule has 5 nitrogen and oxygen atoms in total. The molecule has 22 heavy (non-hydrogen) atoms. The molecule has 2 amide bonds. The summed E-state index contributed by atoms with van der Waals surface area (Å²) in [7, 11) is 0. The second-order valence-corrected chi connectivity index (χ2v) is 6.96. The van der Waals surface area contributed by atoms with Crippen LogP contribution in [0, 0.1) is 17.8 Å². The van der Waals surface area contributed by atoms with Crippen LogP contribution < -0.4 is 11.1 Å². The van der Waals surface area contributed by atoms with Crippen molar-refractivity contribution in [2.24, 2.45) is 23.5 Å². The van der Waals surface area contributed by atoms with E-state index >= 15 is 0 Å². The average molecular weight is 332 g/mol. The van der Waals surface area contributed by atoms with E-state index in [1.54, 1.807) is 0 Å². The van der Waals surface area contributed by atoms with Crippen molar-refractivity contribution < 1.29 is 9.59 Å². The molecular weight excluding hydrogens is 302 g/mol. The molecule has 0 bridgehead atoms. The van der Waals surface area contributed by atoms with Gasteiger partial charge >= 0.3 is 0 Å². The van der Waals surface area contributed by atoms with Crippen molar-refractivity contribution in [3.63, 3.8) is 0 Å². The molecule has 0 radical (unpaired) electrons. The number of amides is 2. The molecule has 0 spiro atoms. The normalized spacial score (nSPS) is 28.4. The summed E-state index contributed by atoms with van der Waals surface area (Å²) < 4.78 is 0. The molecule has 1 aliphatic heterocycles. The van der Waals surface area contributed by atoms with Crippen molar-refractivity contribution in [1.29, 1.82) is 0 Å². The number of piperidine rings is 1. The Morgan fingerprint density at radius 1 is 1.27 bits per heavy atom. The number of rotatable bonds is 4. The van der Waals surface area contributed by atoms with Gasteiger partial charge in [0.15, 0.2) is 0 Å². The largest absolute Gasteiger partial charge is 0.356 e. The van der Waals surface area contributed by atoms with Gasteiger partial charge in [-0.15, -0.1) is 12.4 Å². The zero-order chi connectivity index (χ0) is 15.4. The van der Waals surface area contributed by atoms with Crippen LogP contribution in [0.25, 0.3) is 0 Å². The molecule has 0 aromatic rings. The van der Waals surface area contributed by atoms with E-state index in [0.717, 1.165) is 45.2 Å². The lowest BCUT2D eigenvalue weighted by Crippen LogP contribution is -2.46. The third kappa shape index (κ3) is 5.13. The molecule has 1 saturated heterocycles. The molecule has 1 saturated carbocycles. The van der Waals surface area contributed by atoms with Crippen LogP contribution in [0.1, 0.15) is 46.0 Å². The van der Waals surface area contributed by atoms with E-state index in [-0.39, 0.29) is 42.1 Å². The number of carbonyl (C=O) groups excluding carboxylic acids is 2. The lowest BCUT2D eigenvalue weighted by molar-refractivity contribution is -0.137. The molecule has 3 atom stereocenters. The van der Waals surface area contributed by atoms with Gasteiger partial charge in [0.2, 0.25) is 11.8 Å². The van der Waals surface area contributed by atoms with Crippen molar-refractivity contribution in [3.8, 4) is 0 Å². The molecule has 1 aliphatic carbocycles. The predicted octanol–water partition coefficient (Wildman–Crippen LogP) is 1.55. The topological polar surface area (TPSA) is 75.4 Å². The molecule has 0 aromatic heterocycles. The minimum absolute atomic E-state index is 0. The predicted molar refractivity (Wildman–Crippen MR) is 89.7 cm³/mol. The molecule has 1 heterocycles. The van der Waals surface area contributed by atoms with Gasteiger partial charge in [0, 0.05) is 37.5 Å². The van der Waals surface area contributed by atoms with Gasteiger partial charge in [-0.3, -0.25) is 9.59 Å². The highest BCUT2D eigenvalue weighted by Gasteiger charge is 2.33. The van der Waals surface area contributed by atoms with Crippen LogP contribution in [0.15, 0.2) is 0 Å². The Kier molecular flexibility index (Phi) is 7.63. The summed E-state index contributed by atoms with van der Waals surface area (Å²) in [5.74, 6) is 0.916. The lowest BCUT2D eigenvalue weighted by Gasteiger charge is -2.34. The quantitative estimate of drug-likeness (QED) is 0.820. The van der Waals surface area contributed by atoms with Gasteiger partial charge in [-0.05, 0) is 38.0 Å². The van der Waals surface area contributed by atoms with Gasteiger partial charge < -0.3 is 16.0 Å². The highest BCUT2D eigenvalue weighted by molar-refractivity contribution is 5.85. The number of likely N-dealkylation sites (tertiary alicyclic amines) is 1. The molecule has 2 aliphatic rings. The number of nitrogens with zero attached hydrogens (tertiary/aromatic N) is 1. The van der Waals surface area contributed by atoms with Crippen LogP contribution in [0.4, 0.5) is 0 Å². The van der Waals surface area contributed by atoms with Crippen molar-refractivity contribution in [3.05, 3.63) is 0 Å². The maximum absolute atomic E-state index is 12.5. The molecule has 0 aromatic carbocycles. The van der Waals surface area contributed by atoms with E-state index in [4.69, 9.17) is 5.73 Å². The number of halogens is 1. The summed E-state index contributed by atoms with van der Waals surface area (Å²) in [6.07, 6.45) is 4.87. The van der Waals surface area contributed by atoms with Gasteiger partial charge in [0.05, 0.1) is 0 Å². The number of carbonyl (C=O) groups is 2. The van der Waals surface area contributed by atoms with Crippen LogP contribution in [0.3, 0.4) is 0 Å². The van der Waals surface area contributed by atoms with Crippen molar-refractivity contribution in [2.45, 2.75) is 52.0 Å². The summed E-state index contributed by atoms with van der Waals surface area (Å²) in [5, 5.41) is 2.99. The number of nitrogens with one attached hydrogen (secondary N) is 1. The Morgan fingerprint density at radius 2 is 2.00 bits per heavy atom. The van der Waals surface area contributed by atoms with Crippen LogP contribution in [0.2, 0.25) is 0 Å². The first-order valence-corrected chi connectivity index (χ1v) is 8.29. The van der Waals surface area contributed by atoms with E-state index in [1.807, 2.05) is 18.7 Å². The zero-order valence-corrected chi connectivity index (χ0v) is 14.5. The van der Waals surface area contributed by atoms with Crippen molar-refractivity contribution in [1.82, 2.24) is 10.2 Å². The molecule has 3 unspecified atom stereocenters. The summed E-state index contributed by atoms with van der Waals surface area (Å²) in [6.45, 7) is 6.12. The second kappa shape index (κ2) is 8.73. The highest BCUT2D eigenvalue weighted by atomic mass is 35.5. The molecule has 2 rings (SSSR count). The Bertz CT molecular complexity index is 390. The number of hydrogen-bond donors (Lipinski definition) is 2. The first-order chi connectivity index (χ1) is 9.97. The number of hydrogen-bond acceptors (Lipinski definition) is 3. The van der Waals surface area contributed by atoms with E-state index in [1.165, 1.54) is 0 Å². The lowest BCUT2D eigenvalue weighted by atomic mass is 9.95. The van der Waals surface area contributed by atoms with Gasteiger partial charge in [-0.1, -0.05) is 13.8 Å². The van der Waals surface area contributed by atoms with Crippen LogP contribution in [-0.4, -0.2) is 42.4 Å². The fraction of sp³-hybridized carbons (Fsp3) is 0.875. The smallest absolute Gasteiger partial charge is 0.225 e. The first-order valence-electron chi connectivity index (χ1n) is 8.29. The summed E-state index contributed by atoms with van der Waals surface area (Å²) in [6, 6.07) is 0.199. The standard InChI is InChI=1S/C16H29N3O2.ClH/c1-11(2)15(20)18-9-12-4-3-7-19(10-12)16(21)13-5-6-14(17)8-13;/h11-14H,3-10,17H2,1-2H3,(H,18,20);1H. The monoisotopic (exact) mass is 331 g/mol. The minimum atomic E-state index is 0. The Morgan fingerprint density at radius 3 is 2.59 bits per heavy atom. The maximum atomic E-state index is 12.5. The van der Waals surface area contributed by atoms with Crippen molar-refractivity contribution >= 4 is 24.2 Å². The summed E-state index contributed by atoms with van der Waals surface area (Å²) >= 11 is 0. The summed E-state index contributed by atoms with van der Waals surface area (Å²) in [4.78, 5) is 26.2. The van der Waals surface area contributed by atoms with Crippen molar-refractivity contribution in [2.75, 3.05) is 19.6 Å². The minimum Gasteiger partial charge on any atom is -0.356 e. The Balaban J connectivity index is 0.00000242. The van der Waals surface area contributed by atoms with Crippen LogP contribution in [-0.2, 0) is 9.59 Å². The molecule has 3 N–H and O–H groups in total. The SMILES string of the molecule is CC(C)C(=O)NCC1CCCN(C(=O)C2CCC(N)C2)C1.Cl. The highest BCUT2D eigenvalue weighted by Crippen LogP contribution is 2.28. The van der Waals surface area contributed by atoms with Gasteiger partial charge in [0.1, 0.15) is 0 Å². The van der Waals surface area contributed by atoms with E-state index in [2.05, 4.69) is 5.32 Å². The van der Waals surface area contributed by atoms with Gasteiger partial charge in [-0.25, -0.2) is 0 Å². The molecule has 128 valence electrons. The van der Waals surface area contributed by atoms with Crippen LogP contribution >= 0.6 is 12.4 Å². The fourth-order valence-corrected chi connectivity index (χ4v) is 3.38.